The standard InChI is InChI=1S/C16H24IN4O4P/c1-7(6-26(3,4)5)12-10(22)11(23)15(25-12)21-13-9(20-16(21)17)14(24)19-8(2)18-13/h7,10-12,15,22-23H,3,6H2,1-2,4-5H3,(H,18,19,24)/t7?,10-,11+,12+,15+/m0/s1. The van der Waals surface area contributed by atoms with E-state index in [9.17, 15) is 15.0 Å². The highest BCUT2D eigenvalue weighted by Gasteiger charge is 2.47. The molecule has 0 aromatic carbocycles. The fraction of sp³-hybridized carbons (Fsp3) is 0.625. The van der Waals surface area contributed by atoms with Crippen molar-refractivity contribution < 1.29 is 14.9 Å². The number of H-pyrrole nitrogens is 1. The van der Waals surface area contributed by atoms with Crippen LogP contribution in [-0.2, 0) is 4.74 Å². The number of aliphatic hydroxyl groups excluding tert-OH is 2. The molecule has 0 amide bonds. The molecule has 1 unspecified atom stereocenters. The molecule has 3 heterocycles. The molecule has 2 aromatic rings. The Morgan fingerprint density at radius 3 is 2.65 bits per heavy atom. The summed E-state index contributed by atoms with van der Waals surface area (Å²) >= 11 is 1.98. The molecular weight excluding hydrogens is 470 g/mol. The Bertz CT molecular complexity index is 936. The Morgan fingerprint density at radius 1 is 1.38 bits per heavy atom. The quantitative estimate of drug-likeness (QED) is 0.332. The zero-order chi connectivity index (χ0) is 19.4. The van der Waals surface area contributed by atoms with Gasteiger partial charge >= 0.3 is 0 Å². The molecule has 8 nitrogen and oxygen atoms in total. The van der Waals surface area contributed by atoms with Gasteiger partial charge in [0.2, 0.25) is 0 Å². The van der Waals surface area contributed by atoms with Crippen molar-refractivity contribution >= 4 is 46.9 Å². The Hall–Kier alpha value is -0.740. The molecule has 0 saturated carbocycles. The second kappa shape index (κ2) is 7.01. The van der Waals surface area contributed by atoms with Crippen molar-refractivity contribution in [1.82, 2.24) is 19.5 Å². The van der Waals surface area contributed by atoms with E-state index in [1.165, 1.54) is 0 Å². The van der Waals surface area contributed by atoms with E-state index >= 15 is 0 Å². The van der Waals surface area contributed by atoms with Gasteiger partial charge in [0, 0.05) is 22.6 Å². The Kier molecular flexibility index (Phi) is 5.40. The minimum atomic E-state index is -1.31. The van der Waals surface area contributed by atoms with Crippen LogP contribution in [0.3, 0.4) is 0 Å². The van der Waals surface area contributed by atoms with Crippen LogP contribution in [0.2, 0.25) is 0 Å². The van der Waals surface area contributed by atoms with Crippen molar-refractivity contribution in [3.05, 3.63) is 20.0 Å². The Balaban J connectivity index is 2.00. The summed E-state index contributed by atoms with van der Waals surface area (Å²) < 4.78 is 8.12. The second-order valence-electron chi connectivity index (χ2n) is 7.64. The van der Waals surface area contributed by atoms with Gasteiger partial charge in [0.15, 0.2) is 21.2 Å². The molecule has 2 aromatic heterocycles. The normalized spacial score (nSPS) is 28.0. The van der Waals surface area contributed by atoms with E-state index in [0.29, 0.717) is 15.3 Å². The number of rotatable bonds is 4. The van der Waals surface area contributed by atoms with Gasteiger partial charge in [-0.1, -0.05) is 6.92 Å². The van der Waals surface area contributed by atoms with Crippen molar-refractivity contribution in [1.29, 1.82) is 0 Å². The maximum atomic E-state index is 12.1. The van der Waals surface area contributed by atoms with Crippen molar-refractivity contribution in [2.24, 2.45) is 5.92 Å². The van der Waals surface area contributed by atoms with Crippen LogP contribution >= 0.6 is 29.5 Å². The molecule has 26 heavy (non-hydrogen) atoms. The highest BCUT2D eigenvalue weighted by molar-refractivity contribution is 14.1. The number of halogens is 1. The van der Waals surface area contributed by atoms with Gasteiger partial charge in [0.25, 0.3) is 5.56 Å². The number of aromatic nitrogens is 4. The molecule has 144 valence electrons. The zero-order valence-corrected chi connectivity index (χ0v) is 18.2. The molecule has 1 aliphatic rings. The molecule has 0 aliphatic carbocycles. The van der Waals surface area contributed by atoms with Gasteiger partial charge in [0.1, 0.15) is 18.0 Å². The molecule has 0 radical (unpaired) electrons. The van der Waals surface area contributed by atoms with Crippen LogP contribution in [0.1, 0.15) is 19.0 Å². The molecule has 1 saturated heterocycles. The van der Waals surface area contributed by atoms with E-state index in [-0.39, 0.29) is 17.0 Å². The third kappa shape index (κ3) is 3.64. The average molecular weight is 494 g/mol. The first-order valence-corrected chi connectivity index (χ1v) is 12.5. The maximum absolute atomic E-state index is 12.1. The topological polar surface area (TPSA) is 113 Å². The van der Waals surface area contributed by atoms with E-state index < -0.39 is 31.4 Å². The lowest BCUT2D eigenvalue weighted by atomic mass is 10.0. The summed E-state index contributed by atoms with van der Waals surface area (Å²) in [5.41, 5.74) is 0.183. The summed E-state index contributed by atoms with van der Waals surface area (Å²) in [6.45, 7) is 6.62. The third-order valence-electron chi connectivity index (χ3n) is 4.50. The van der Waals surface area contributed by atoms with E-state index in [1.54, 1.807) is 11.5 Å². The van der Waals surface area contributed by atoms with Gasteiger partial charge in [-0.3, -0.25) is 9.36 Å². The smallest absolute Gasteiger partial charge is 0.279 e. The first-order chi connectivity index (χ1) is 12.0. The highest BCUT2D eigenvalue weighted by atomic mass is 127. The van der Waals surface area contributed by atoms with Crippen LogP contribution in [0, 0.1) is 16.7 Å². The number of ether oxygens (including phenoxy) is 1. The fourth-order valence-corrected chi connectivity index (χ4v) is 6.06. The van der Waals surface area contributed by atoms with E-state index in [1.807, 2.05) is 29.5 Å². The van der Waals surface area contributed by atoms with Crippen LogP contribution in [0.5, 0.6) is 0 Å². The molecule has 1 fully saturated rings. The lowest BCUT2D eigenvalue weighted by molar-refractivity contribution is -0.0499. The van der Waals surface area contributed by atoms with Crippen LogP contribution < -0.4 is 5.56 Å². The third-order valence-corrected chi connectivity index (χ3v) is 6.82. The predicted molar refractivity (Wildman–Crippen MR) is 111 cm³/mol. The SMILES string of the molecule is C=P(C)(C)CC(C)[C@H]1O[C@@H](n2c(I)nc3c(=O)[nH]c(C)nc32)[C@H](O)[C@@H]1O. The summed E-state index contributed by atoms with van der Waals surface area (Å²) in [5, 5.41) is 21.2. The first kappa shape index (κ1) is 20.0. The molecule has 5 atom stereocenters. The molecule has 0 bridgehead atoms. The van der Waals surface area contributed by atoms with Crippen molar-refractivity contribution in [3.63, 3.8) is 0 Å². The lowest BCUT2D eigenvalue weighted by Crippen LogP contribution is -2.36. The molecule has 3 N–H and O–H groups in total. The average Bonchev–Trinajstić information content (AvgIpc) is 2.96. The number of fused-ring (bicyclic) bond motifs is 1. The molecule has 0 spiro atoms. The largest absolute Gasteiger partial charge is 0.388 e. The van der Waals surface area contributed by atoms with Crippen LogP contribution in [-0.4, -0.2) is 73.8 Å². The summed E-state index contributed by atoms with van der Waals surface area (Å²) in [6.07, 6.45) is 1.52. The van der Waals surface area contributed by atoms with Crippen molar-refractivity contribution in [2.75, 3.05) is 19.5 Å². The number of hydrogen-bond acceptors (Lipinski definition) is 6. The van der Waals surface area contributed by atoms with E-state index in [2.05, 4.69) is 34.6 Å². The van der Waals surface area contributed by atoms with Crippen molar-refractivity contribution in [3.8, 4) is 0 Å². The van der Waals surface area contributed by atoms with Gasteiger partial charge in [-0.2, -0.15) is 0 Å². The summed E-state index contributed by atoms with van der Waals surface area (Å²) in [4.78, 5) is 23.3. The number of nitrogens with zero attached hydrogens (tertiary/aromatic N) is 3. The highest BCUT2D eigenvalue weighted by Crippen LogP contribution is 2.42. The second-order valence-corrected chi connectivity index (χ2v) is 12.8. The van der Waals surface area contributed by atoms with Crippen LogP contribution in [0.25, 0.3) is 11.2 Å². The minimum Gasteiger partial charge on any atom is -0.388 e. The first-order valence-electron chi connectivity index (χ1n) is 8.33. The zero-order valence-electron chi connectivity index (χ0n) is 15.2. The molecular formula is C16H24IN4O4P. The van der Waals surface area contributed by atoms with E-state index in [0.717, 1.165) is 6.16 Å². The number of aryl methyl sites for hydroxylation is 1. The van der Waals surface area contributed by atoms with Gasteiger partial charge in [-0.05, 0) is 32.3 Å². The predicted octanol–water partition coefficient (Wildman–Crippen LogP) is 0.997. The summed E-state index contributed by atoms with van der Waals surface area (Å²) in [7, 11) is 0. The van der Waals surface area contributed by atoms with Gasteiger partial charge in [0.05, 0.1) is 6.10 Å². The van der Waals surface area contributed by atoms with Gasteiger partial charge in [-0.15, -0.1) is 13.2 Å². The Morgan fingerprint density at radius 2 is 2.04 bits per heavy atom. The Labute approximate surface area is 165 Å². The monoisotopic (exact) mass is 494 g/mol. The fourth-order valence-electron chi connectivity index (χ4n) is 3.55. The van der Waals surface area contributed by atoms with Crippen LogP contribution in [0.4, 0.5) is 0 Å². The maximum Gasteiger partial charge on any atom is 0.279 e. The van der Waals surface area contributed by atoms with Gasteiger partial charge in [-0.25, -0.2) is 9.97 Å². The minimum absolute atomic E-state index is 0.0380. The molecule has 1 aliphatic heterocycles. The van der Waals surface area contributed by atoms with Gasteiger partial charge < -0.3 is 19.9 Å². The lowest BCUT2D eigenvalue weighted by Gasteiger charge is -2.26. The number of aliphatic hydroxyl groups is 2. The summed E-state index contributed by atoms with van der Waals surface area (Å²) in [5.74, 6) is 0.484. The molecule has 10 heteroatoms. The number of aromatic amines is 1. The number of nitrogens with one attached hydrogen (secondary N) is 1. The van der Waals surface area contributed by atoms with Crippen molar-refractivity contribution in [2.45, 2.75) is 38.4 Å². The van der Waals surface area contributed by atoms with E-state index in [4.69, 9.17) is 4.74 Å². The molecule has 3 rings (SSSR count). The van der Waals surface area contributed by atoms with Crippen LogP contribution in [0.15, 0.2) is 4.79 Å². The number of imidazole rings is 1. The summed E-state index contributed by atoms with van der Waals surface area (Å²) in [6, 6.07) is 0. The number of hydrogen-bond donors (Lipinski definition) is 3.